The van der Waals surface area contributed by atoms with Gasteiger partial charge in [-0.05, 0) is 70.8 Å². The van der Waals surface area contributed by atoms with Crippen LogP contribution in [-0.4, -0.2) is 63.2 Å². The van der Waals surface area contributed by atoms with E-state index in [4.69, 9.17) is 4.74 Å². The lowest BCUT2D eigenvalue weighted by atomic mass is 10.2. The Bertz CT molecular complexity index is 388. The van der Waals surface area contributed by atoms with Gasteiger partial charge in [-0.2, -0.15) is 0 Å². The highest BCUT2D eigenvalue weighted by atomic mass is 16.5. The van der Waals surface area contributed by atoms with Crippen LogP contribution in [0.25, 0.3) is 0 Å². The Morgan fingerprint density at radius 3 is 2.26 bits per heavy atom. The summed E-state index contributed by atoms with van der Waals surface area (Å²) < 4.78 is 5.82. The molecule has 1 N–H and O–H groups in total. The average Bonchev–Trinajstić information content (AvgIpc) is 2.55. The van der Waals surface area contributed by atoms with Crippen LogP contribution in [0.1, 0.15) is 32.3 Å². The minimum Gasteiger partial charge on any atom is -0.494 e. The maximum absolute atomic E-state index is 5.82. The summed E-state index contributed by atoms with van der Waals surface area (Å²) in [4.78, 5) is 4.64. The van der Waals surface area contributed by atoms with Crippen LogP contribution in [0.5, 0.6) is 5.75 Å². The second-order valence-electron chi connectivity index (χ2n) is 6.21. The van der Waals surface area contributed by atoms with Gasteiger partial charge < -0.3 is 19.9 Å². The summed E-state index contributed by atoms with van der Waals surface area (Å²) >= 11 is 0. The quantitative estimate of drug-likeness (QED) is 0.566. The molecule has 23 heavy (non-hydrogen) atoms. The Kier molecular flexibility index (Phi) is 10.7. The van der Waals surface area contributed by atoms with Gasteiger partial charge in [0.1, 0.15) is 5.75 Å². The molecule has 0 amide bonds. The molecule has 0 atom stereocenters. The summed E-state index contributed by atoms with van der Waals surface area (Å²) in [5, 5.41) is 3.48. The van der Waals surface area contributed by atoms with Crippen LogP contribution < -0.4 is 10.1 Å². The number of hydrogen-bond acceptors (Lipinski definition) is 4. The van der Waals surface area contributed by atoms with Crippen molar-refractivity contribution in [2.75, 3.05) is 53.4 Å². The maximum atomic E-state index is 5.82. The molecule has 0 bridgehead atoms. The SMILES string of the molecule is CCN(CC)CCCOc1ccc(CNCCCN(C)C)cc1. The molecule has 0 radical (unpaired) electrons. The molecule has 0 saturated carbocycles. The average molecular weight is 322 g/mol. The highest BCUT2D eigenvalue weighted by Crippen LogP contribution is 2.12. The van der Waals surface area contributed by atoms with E-state index in [2.05, 4.69) is 67.3 Å². The van der Waals surface area contributed by atoms with Crippen molar-refractivity contribution in [1.82, 2.24) is 15.1 Å². The van der Waals surface area contributed by atoms with Crippen molar-refractivity contribution in [2.45, 2.75) is 33.2 Å². The van der Waals surface area contributed by atoms with Crippen molar-refractivity contribution in [1.29, 1.82) is 0 Å². The van der Waals surface area contributed by atoms with E-state index >= 15 is 0 Å². The molecule has 0 saturated heterocycles. The van der Waals surface area contributed by atoms with Crippen molar-refractivity contribution < 1.29 is 4.74 Å². The normalized spacial score (nSPS) is 11.4. The van der Waals surface area contributed by atoms with Gasteiger partial charge in [-0.25, -0.2) is 0 Å². The molecule has 0 aromatic heterocycles. The zero-order chi connectivity index (χ0) is 16.9. The molecule has 0 aliphatic heterocycles. The molecular formula is C19H35N3O. The topological polar surface area (TPSA) is 27.7 Å². The molecule has 0 heterocycles. The van der Waals surface area contributed by atoms with E-state index in [1.54, 1.807) is 0 Å². The lowest BCUT2D eigenvalue weighted by Crippen LogP contribution is -2.25. The van der Waals surface area contributed by atoms with Crippen LogP contribution in [0.15, 0.2) is 24.3 Å². The van der Waals surface area contributed by atoms with Crippen LogP contribution in [0.2, 0.25) is 0 Å². The van der Waals surface area contributed by atoms with E-state index in [0.29, 0.717) is 0 Å². The number of hydrogen-bond donors (Lipinski definition) is 1. The zero-order valence-electron chi connectivity index (χ0n) is 15.5. The van der Waals surface area contributed by atoms with E-state index in [9.17, 15) is 0 Å². The molecule has 4 nitrogen and oxygen atoms in total. The minimum atomic E-state index is 0.790. The van der Waals surface area contributed by atoms with Crippen LogP contribution in [0.3, 0.4) is 0 Å². The monoisotopic (exact) mass is 321 g/mol. The summed E-state index contributed by atoms with van der Waals surface area (Å²) in [6.45, 7) is 11.7. The summed E-state index contributed by atoms with van der Waals surface area (Å²) in [6.07, 6.45) is 2.26. The number of nitrogens with one attached hydrogen (secondary N) is 1. The molecule has 1 aromatic rings. The number of benzene rings is 1. The first-order chi connectivity index (χ1) is 11.2. The Morgan fingerprint density at radius 2 is 1.65 bits per heavy atom. The third-order valence-electron chi connectivity index (χ3n) is 3.99. The van der Waals surface area contributed by atoms with Crippen molar-refractivity contribution >= 4 is 0 Å². The van der Waals surface area contributed by atoms with Gasteiger partial charge in [-0.15, -0.1) is 0 Å². The second-order valence-corrected chi connectivity index (χ2v) is 6.21. The zero-order valence-corrected chi connectivity index (χ0v) is 15.5. The third kappa shape index (κ3) is 9.59. The first-order valence-corrected chi connectivity index (χ1v) is 8.95. The largest absolute Gasteiger partial charge is 0.494 e. The van der Waals surface area contributed by atoms with Crippen LogP contribution in [0, 0.1) is 0 Å². The van der Waals surface area contributed by atoms with Crippen LogP contribution in [0.4, 0.5) is 0 Å². The first kappa shape index (κ1) is 19.9. The molecule has 0 unspecified atom stereocenters. The highest BCUT2D eigenvalue weighted by molar-refractivity contribution is 5.27. The summed E-state index contributed by atoms with van der Waals surface area (Å²) in [6, 6.07) is 8.46. The van der Waals surface area contributed by atoms with Crippen LogP contribution in [-0.2, 0) is 6.54 Å². The summed E-state index contributed by atoms with van der Waals surface area (Å²) in [5.74, 6) is 0.973. The van der Waals surface area contributed by atoms with Gasteiger partial charge in [0, 0.05) is 13.1 Å². The molecule has 132 valence electrons. The van der Waals surface area contributed by atoms with Crippen LogP contribution >= 0.6 is 0 Å². The third-order valence-corrected chi connectivity index (χ3v) is 3.99. The van der Waals surface area contributed by atoms with Gasteiger partial charge in [0.15, 0.2) is 0 Å². The molecule has 0 aliphatic carbocycles. The minimum absolute atomic E-state index is 0.790. The maximum Gasteiger partial charge on any atom is 0.119 e. The lowest BCUT2D eigenvalue weighted by Gasteiger charge is -2.17. The molecular weight excluding hydrogens is 286 g/mol. The molecule has 4 heteroatoms. The van der Waals surface area contributed by atoms with Gasteiger partial charge in [-0.3, -0.25) is 0 Å². The van der Waals surface area contributed by atoms with Gasteiger partial charge in [-0.1, -0.05) is 26.0 Å². The molecule has 1 rings (SSSR count). The Labute approximate surface area is 142 Å². The van der Waals surface area contributed by atoms with E-state index in [0.717, 1.165) is 58.0 Å². The van der Waals surface area contributed by atoms with Crippen molar-refractivity contribution in [2.24, 2.45) is 0 Å². The van der Waals surface area contributed by atoms with Crippen molar-refractivity contribution in [3.8, 4) is 5.75 Å². The summed E-state index contributed by atoms with van der Waals surface area (Å²) in [5.41, 5.74) is 1.31. The predicted octanol–water partition coefficient (Wildman–Crippen LogP) is 2.84. The first-order valence-electron chi connectivity index (χ1n) is 8.95. The number of nitrogens with zero attached hydrogens (tertiary/aromatic N) is 2. The fourth-order valence-corrected chi connectivity index (χ4v) is 2.47. The second kappa shape index (κ2) is 12.3. The molecule has 1 aromatic carbocycles. The predicted molar refractivity (Wildman–Crippen MR) is 99.2 cm³/mol. The van der Waals surface area contributed by atoms with E-state index < -0.39 is 0 Å². The van der Waals surface area contributed by atoms with Crippen molar-refractivity contribution in [3.63, 3.8) is 0 Å². The molecule has 0 aliphatic rings. The standard InChI is InChI=1S/C19H35N3O/c1-5-22(6-2)15-8-16-23-19-11-9-18(10-12-19)17-20-13-7-14-21(3)4/h9-12,20H,5-8,13-17H2,1-4H3. The smallest absolute Gasteiger partial charge is 0.119 e. The summed E-state index contributed by atoms with van der Waals surface area (Å²) in [7, 11) is 4.22. The Balaban J connectivity index is 2.15. The Hall–Kier alpha value is -1.10. The molecule has 0 spiro atoms. The van der Waals surface area contributed by atoms with Gasteiger partial charge >= 0.3 is 0 Å². The number of ether oxygens (including phenoxy) is 1. The van der Waals surface area contributed by atoms with Gasteiger partial charge in [0.05, 0.1) is 6.61 Å². The molecule has 0 fully saturated rings. The fraction of sp³-hybridized carbons (Fsp3) is 0.684. The van der Waals surface area contributed by atoms with E-state index in [-0.39, 0.29) is 0 Å². The fourth-order valence-electron chi connectivity index (χ4n) is 2.47. The van der Waals surface area contributed by atoms with Gasteiger partial charge in [0.2, 0.25) is 0 Å². The number of rotatable bonds is 13. The van der Waals surface area contributed by atoms with Gasteiger partial charge in [0.25, 0.3) is 0 Å². The van der Waals surface area contributed by atoms with Crippen molar-refractivity contribution in [3.05, 3.63) is 29.8 Å². The van der Waals surface area contributed by atoms with E-state index in [1.807, 2.05) is 0 Å². The van der Waals surface area contributed by atoms with E-state index in [1.165, 1.54) is 12.0 Å². The highest BCUT2D eigenvalue weighted by Gasteiger charge is 2.00. The Morgan fingerprint density at radius 1 is 0.957 bits per heavy atom. The lowest BCUT2D eigenvalue weighted by molar-refractivity contribution is 0.249.